The molecule has 0 heterocycles. The van der Waals surface area contributed by atoms with Gasteiger partial charge in [-0.2, -0.15) is 0 Å². The second-order valence-corrected chi connectivity index (χ2v) is 9.74. The van der Waals surface area contributed by atoms with E-state index < -0.39 is 21.6 Å². The highest BCUT2D eigenvalue weighted by atomic mass is 127. The highest BCUT2D eigenvalue weighted by molar-refractivity contribution is 14.0. The van der Waals surface area contributed by atoms with Crippen molar-refractivity contribution in [1.82, 2.24) is 10.6 Å². The zero-order chi connectivity index (χ0) is 18.1. The van der Waals surface area contributed by atoms with Crippen molar-refractivity contribution in [3.05, 3.63) is 30.3 Å². The van der Waals surface area contributed by atoms with Crippen LogP contribution in [0.3, 0.4) is 0 Å². The van der Waals surface area contributed by atoms with Gasteiger partial charge in [-0.1, -0.05) is 31.5 Å². The van der Waals surface area contributed by atoms with Crippen molar-refractivity contribution in [1.29, 1.82) is 0 Å². The third-order valence-electron chi connectivity index (χ3n) is 4.43. The highest BCUT2D eigenvalue weighted by Crippen LogP contribution is 2.22. The molecule has 0 spiro atoms. The first-order valence-electron chi connectivity index (χ1n) is 8.91. The summed E-state index contributed by atoms with van der Waals surface area (Å²) in [5.74, 6) is 2.01. The van der Waals surface area contributed by atoms with Crippen LogP contribution in [0.25, 0.3) is 0 Å². The summed E-state index contributed by atoms with van der Waals surface area (Å²) >= 11 is 0. The predicted octanol–water partition coefficient (Wildman–Crippen LogP) is 2.66. The topological polar surface area (TPSA) is 70.6 Å². The molecule has 1 aromatic rings. The maximum Gasteiger partial charge on any atom is 0.191 e. The Bertz CT molecular complexity index is 614. The lowest BCUT2D eigenvalue weighted by Gasteiger charge is -2.30. The average Bonchev–Trinajstić information content (AvgIpc) is 2.67. The minimum Gasteiger partial charge on any atom is -0.355 e. The van der Waals surface area contributed by atoms with Crippen molar-refractivity contribution in [2.45, 2.75) is 48.8 Å². The quantitative estimate of drug-likeness (QED) is 0.336. The molecule has 2 N–H and O–H groups in total. The highest BCUT2D eigenvalue weighted by Gasteiger charge is 2.25. The summed E-state index contributed by atoms with van der Waals surface area (Å²) in [6, 6.07) is 9.81. The molecule has 1 aliphatic rings. The van der Waals surface area contributed by atoms with E-state index in [0.717, 1.165) is 42.3 Å². The molecule has 1 aliphatic carbocycles. The first kappa shape index (κ1) is 23.6. The molecular formula is C18H30IN3O2S2. The summed E-state index contributed by atoms with van der Waals surface area (Å²) in [4.78, 5) is 5.11. The second kappa shape index (κ2) is 12.8. The lowest BCUT2D eigenvalue weighted by atomic mass is 9.95. The summed E-state index contributed by atoms with van der Waals surface area (Å²) < 4.78 is 24.3. The number of benzene rings is 1. The smallest absolute Gasteiger partial charge is 0.191 e. The number of hydrogen-bond acceptors (Lipinski definition) is 3. The number of halogens is 1. The maximum atomic E-state index is 12.2. The lowest BCUT2D eigenvalue weighted by molar-refractivity contribution is 0.414. The van der Waals surface area contributed by atoms with Crippen LogP contribution in [0.5, 0.6) is 0 Å². The monoisotopic (exact) mass is 511 g/mol. The number of nitrogens with zero attached hydrogens (tertiary/aromatic N) is 1. The Labute approximate surface area is 179 Å². The molecule has 26 heavy (non-hydrogen) atoms. The van der Waals surface area contributed by atoms with E-state index in [0.29, 0.717) is 23.6 Å². The van der Waals surface area contributed by atoms with Gasteiger partial charge in [-0.15, -0.1) is 24.0 Å². The van der Waals surface area contributed by atoms with E-state index in [4.69, 9.17) is 0 Å². The van der Waals surface area contributed by atoms with Gasteiger partial charge in [-0.25, -0.2) is 0 Å². The zero-order valence-corrected chi connectivity index (χ0v) is 19.4. The molecule has 0 radical (unpaired) electrons. The Balaban J connectivity index is 0.00000338. The molecule has 0 saturated heterocycles. The second-order valence-electron chi connectivity index (χ2n) is 6.16. The van der Waals surface area contributed by atoms with Crippen molar-refractivity contribution < 1.29 is 8.42 Å². The van der Waals surface area contributed by atoms with E-state index in [1.165, 1.54) is 0 Å². The standard InChI is InChI=1S/C18H29N3O2S2.HI/c1-3-24(22)17-11-7-8-15(14-17)21-18(19-2)20-12-13-25(23)16-9-5-4-6-10-16;/h4-6,9-10,15,17H,3,7-8,11-14H2,1-2H3,(H2,19,20,21);1H. The van der Waals surface area contributed by atoms with Crippen LogP contribution in [0.4, 0.5) is 0 Å². The van der Waals surface area contributed by atoms with Crippen LogP contribution in [-0.4, -0.2) is 50.8 Å². The summed E-state index contributed by atoms with van der Waals surface area (Å²) in [7, 11) is 0.0127. The van der Waals surface area contributed by atoms with Crippen LogP contribution in [0.15, 0.2) is 40.2 Å². The maximum absolute atomic E-state index is 12.2. The summed E-state index contributed by atoms with van der Waals surface area (Å²) in [5, 5.41) is 6.97. The molecule has 4 unspecified atom stereocenters. The minimum absolute atomic E-state index is 0. The zero-order valence-electron chi connectivity index (χ0n) is 15.5. The Morgan fingerprint density at radius 2 is 1.96 bits per heavy atom. The van der Waals surface area contributed by atoms with E-state index >= 15 is 0 Å². The van der Waals surface area contributed by atoms with Gasteiger partial charge in [0.25, 0.3) is 0 Å². The van der Waals surface area contributed by atoms with Gasteiger partial charge in [0, 0.05) is 52.1 Å². The van der Waals surface area contributed by atoms with Crippen LogP contribution >= 0.6 is 24.0 Å². The normalized spacial score (nSPS) is 22.8. The van der Waals surface area contributed by atoms with Gasteiger partial charge in [0.15, 0.2) is 5.96 Å². The fourth-order valence-electron chi connectivity index (χ4n) is 3.09. The predicted molar refractivity (Wildman–Crippen MR) is 122 cm³/mol. The minimum atomic E-state index is -1.01. The van der Waals surface area contributed by atoms with Gasteiger partial charge in [-0.05, 0) is 31.4 Å². The number of guanidine groups is 1. The van der Waals surface area contributed by atoms with E-state index in [9.17, 15) is 8.42 Å². The van der Waals surface area contributed by atoms with Gasteiger partial charge < -0.3 is 10.6 Å². The average molecular weight is 511 g/mol. The van der Waals surface area contributed by atoms with Crippen molar-refractivity contribution in [2.24, 2.45) is 4.99 Å². The van der Waals surface area contributed by atoms with Crippen LogP contribution in [-0.2, 0) is 21.6 Å². The van der Waals surface area contributed by atoms with E-state index in [1.807, 2.05) is 37.3 Å². The van der Waals surface area contributed by atoms with Gasteiger partial charge in [0.1, 0.15) is 0 Å². The summed E-state index contributed by atoms with van der Waals surface area (Å²) in [5.41, 5.74) is 0. The molecule has 5 nitrogen and oxygen atoms in total. The van der Waals surface area contributed by atoms with E-state index in [2.05, 4.69) is 15.6 Å². The van der Waals surface area contributed by atoms with Gasteiger partial charge in [-0.3, -0.25) is 13.4 Å². The fourth-order valence-corrected chi connectivity index (χ4v) is 5.42. The molecule has 1 aromatic carbocycles. The SMILES string of the molecule is CCS(=O)C1CCCC(NC(=NC)NCCS(=O)c2ccccc2)C1.I. The van der Waals surface area contributed by atoms with Crippen molar-refractivity contribution in [2.75, 3.05) is 25.1 Å². The Morgan fingerprint density at radius 3 is 2.62 bits per heavy atom. The van der Waals surface area contributed by atoms with Gasteiger partial charge >= 0.3 is 0 Å². The van der Waals surface area contributed by atoms with Crippen LogP contribution in [0.2, 0.25) is 0 Å². The third-order valence-corrected chi connectivity index (χ3v) is 7.55. The lowest BCUT2D eigenvalue weighted by Crippen LogP contribution is -2.47. The van der Waals surface area contributed by atoms with Gasteiger partial charge in [0.2, 0.25) is 0 Å². The van der Waals surface area contributed by atoms with Crippen LogP contribution < -0.4 is 10.6 Å². The molecule has 0 aliphatic heterocycles. The largest absolute Gasteiger partial charge is 0.355 e. The number of hydrogen-bond donors (Lipinski definition) is 2. The number of nitrogens with one attached hydrogen (secondary N) is 2. The Morgan fingerprint density at radius 1 is 1.23 bits per heavy atom. The van der Waals surface area contributed by atoms with Crippen molar-refractivity contribution in [3.63, 3.8) is 0 Å². The summed E-state index contributed by atoms with van der Waals surface area (Å²) in [6.07, 6.45) is 4.16. The molecule has 148 valence electrons. The van der Waals surface area contributed by atoms with Gasteiger partial charge in [0.05, 0.1) is 10.8 Å². The molecule has 0 bridgehead atoms. The van der Waals surface area contributed by atoms with Crippen LogP contribution in [0, 0.1) is 0 Å². The molecule has 1 fully saturated rings. The van der Waals surface area contributed by atoms with Crippen LogP contribution in [0.1, 0.15) is 32.6 Å². The first-order chi connectivity index (χ1) is 12.1. The number of rotatable bonds is 7. The molecule has 1 saturated carbocycles. The Kier molecular flexibility index (Phi) is 11.6. The van der Waals surface area contributed by atoms with Crippen molar-refractivity contribution >= 4 is 51.5 Å². The van der Waals surface area contributed by atoms with E-state index in [1.54, 1.807) is 7.05 Å². The van der Waals surface area contributed by atoms with Crippen molar-refractivity contribution in [3.8, 4) is 0 Å². The molecule has 0 aromatic heterocycles. The third kappa shape index (κ3) is 7.64. The Hall–Kier alpha value is -0.480. The fraction of sp³-hybridized carbons (Fsp3) is 0.611. The molecule has 2 rings (SSSR count). The molecular weight excluding hydrogens is 481 g/mol. The number of aliphatic imine (C=N–C) groups is 1. The molecule has 8 heteroatoms. The molecule has 0 amide bonds. The van der Waals surface area contributed by atoms with E-state index in [-0.39, 0.29) is 24.0 Å². The molecule has 4 atom stereocenters. The first-order valence-corrected chi connectivity index (χ1v) is 11.6. The summed E-state index contributed by atoms with van der Waals surface area (Å²) in [6.45, 7) is 2.58.